The van der Waals surface area contributed by atoms with E-state index in [0.29, 0.717) is 10.8 Å². The fourth-order valence-corrected chi connectivity index (χ4v) is 5.21. The predicted molar refractivity (Wildman–Crippen MR) is 81.7 cm³/mol. The number of hydrogen-bond acceptors (Lipinski definition) is 4. The summed E-state index contributed by atoms with van der Waals surface area (Å²) in [6, 6.07) is 11.3. The molecule has 3 rings (SSSR count). The minimum Gasteiger partial charge on any atom is -0.313 e. The molecule has 2 aromatic rings. The van der Waals surface area contributed by atoms with Gasteiger partial charge in [0.05, 0.1) is 5.69 Å². The molecule has 0 saturated carbocycles. The predicted octanol–water partition coefficient (Wildman–Crippen LogP) is 2.61. The van der Waals surface area contributed by atoms with Crippen LogP contribution in [0.15, 0.2) is 46.0 Å². The lowest BCUT2D eigenvalue weighted by molar-refractivity contribution is 0.529. The summed E-state index contributed by atoms with van der Waals surface area (Å²) < 4.78 is 27.4. The molecule has 1 unspecified atom stereocenters. The van der Waals surface area contributed by atoms with Gasteiger partial charge in [0.15, 0.2) is 0 Å². The van der Waals surface area contributed by atoms with Gasteiger partial charge in [-0.3, -0.25) is 4.31 Å². The van der Waals surface area contributed by atoms with Crippen LogP contribution in [0.3, 0.4) is 0 Å². The number of sulfonamides is 1. The monoisotopic (exact) mass is 308 g/mol. The first-order valence-corrected chi connectivity index (χ1v) is 8.79. The van der Waals surface area contributed by atoms with Crippen LogP contribution in [0.25, 0.3) is 0 Å². The molecule has 0 aliphatic carbocycles. The van der Waals surface area contributed by atoms with E-state index in [2.05, 4.69) is 5.32 Å². The lowest BCUT2D eigenvalue weighted by Gasteiger charge is -2.34. The van der Waals surface area contributed by atoms with Crippen LogP contribution in [0.1, 0.15) is 18.0 Å². The topological polar surface area (TPSA) is 49.4 Å². The van der Waals surface area contributed by atoms with E-state index in [1.807, 2.05) is 31.3 Å². The second-order valence-electron chi connectivity index (χ2n) is 4.70. The Morgan fingerprint density at radius 3 is 2.75 bits per heavy atom. The molecule has 6 heteroatoms. The number of anilines is 1. The molecule has 0 spiro atoms. The van der Waals surface area contributed by atoms with Gasteiger partial charge in [-0.1, -0.05) is 24.3 Å². The van der Waals surface area contributed by atoms with Gasteiger partial charge in [-0.05, 0) is 36.5 Å². The first-order valence-electron chi connectivity index (χ1n) is 6.47. The Bertz CT molecular complexity index is 696. The highest BCUT2D eigenvalue weighted by Crippen LogP contribution is 2.37. The van der Waals surface area contributed by atoms with E-state index in [-0.39, 0.29) is 6.04 Å². The average Bonchev–Trinajstić information content (AvgIpc) is 3.01. The standard InChI is InChI=1S/C14H16N2O2S2/c1-15-12-8-9-16(13-6-3-2-5-11(12)13)20(17,18)14-7-4-10-19-14/h2-7,10,12,15H,8-9H2,1H3. The fraction of sp³-hybridized carbons (Fsp3) is 0.286. The van der Waals surface area contributed by atoms with E-state index in [9.17, 15) is 8.42 Å². The van der Waals surface area contributed by atoms with E-state index in [0.717, 1.165) is 17.7 Å². The molecule has 0 bridgehead atoms. The molecular formula is C14H16N2O2S2. The van der Waals surface area contributed by atoms with Gasteiger partial charge in [0.1, 0.15) is 4.21 Å². The Morgan fingerprint density at radius 1 is 1.25 bits per heavy atom. The number of benzene rings is 1. The number of para-hydroxylation sites is 1. The van der Waals surface area contributed by atoms with Gasteiger partial charge < -0.3 is 5.32 Å². The molecular weight excluding hydrogens is 292 g/mol. The maximum atomic E-state index is 12.7. The minimum absolute atomic E-state index is 0.209. The van der Waals surface area contributed by atoms with Gasteiger partial charge in [0.25, 0.3) is 10.0 Å². The van der Waals surface area contributed by atoms with Crippen molar-refractivity contribution in [2.45, 2.75) is 16.7 Å². The summed E-state index contributed by atoms with van der Waals surface area (Å²) in [6.07, 6.45) is 0.776. The van der Waals surface area contributed by atoms with Gasteiger partial charge in [0, 0.05) is 12.6 Å². The lowest BCUT2D eigenvalue weighted by atomic mass is 9.98. The van der Waals surface area contributed by atoms with Crippen LogP contribution in [0, 0.1) is 0 Å². The molecule has 2 heterocycles. The van der Waals surface area contributed by atoms with Crippen molar-refractivity contribution in [3.63, 3.8) is 0 Å². The van der Waals surface area contributed by atoms with Crippen LogP contribution in [0.4, 0.5) is 5.69 Å². The van der Waals surface area contributed by atoms with E-state index in [1.165, 1.54) is 15.6 Å². The molecule has 1 aromatic heterocycles. The zero-order chi connectivity index (χ0) is 14.2. The normalized spacial score (nSPS) is 18.9. The van der Waals surface area contributed by atoms with Crippen molar-refractivity contribution in [1.29, 1.82) is 0 Å². The number of hydrogen-bond donors (Lipinski definition) is 1. The van der Waals surface area contributed by atoms with Crippen molar-refractivity contribution < 1.29 is 8.42 Å². The molecule has 0 fully saturated rings. The Kier molecular flexibility index (Phi) is 3.54. The molecule has 1 aliphatic heterocycles. The summed E-state index contributed by atoms with van der Waals surface area (Å²) >= 11 is 1.26. The SMILES string of the molecule is CNC1CCN(S(=O)(=O)c2cccs2)c2ccccc21. The molecule has 1 aliphatic rings. The van der Waals surface area contributed by atoms with E-state index in [1.54, 1.807) is 17.5 Å². The summed E-state index contributed by atoms with van der Waals surface area (Å²) in [6.45, 7) is 0.503. The van der Waals surface area contributed by atoms with Crippen LogP contribution in [-0.4, -0.2) is 22.0 Å². The Morgan fingerprint density at radius 2 is 2.05 bits per heavy atom. The minimum atomic E-state index is -3.44. The van der Waals surface area contributed by atoms with Crippen LogP contribution in [-0.2, 0) is 10.0 Å². The summed E-state index contributed by atoms with van der Waals surface area (Å²) in [5.41, 5.74) is 1.83. The number of rotatable bonds is 3. The van der Waals surface area contributed by atoms with Gasteiger partial charge in [-0.15, -0.1) is 11.3 Å². The second-order valence-corrected chi connectivity index (χ2v) is 7.73. The summed E-state index contributed by atoms with van der Waals surface area (Å²) in [7, 11) is -1.53. The number of nitrogens with zero attached hydrogens (tertiary/aromatic N) is 1. The molecule has 1 atom stereocenters. The Balaban J connectivity index is 2.09. The summed E-state index contributed by atoms with van der Waals surface area (Å²) in [4.78, 5) is 0. The fourth-order valence-electron chi connectivity index (χ4n) is 2.60. The van der Waals surface area contributed by atoms with E-state index < -0.39 is 10.0 Å². The quantitative estimate of drug-likeness (QED) is 0.948. The molecule has 1 aromatic carbocycles. The number of fused-ring (bicyclic) bond motifs is 1. The third-order valence-electron chi connectivity index (χ3n) is 3.59. The summed E-state index contributed by atoms with van der Waals surface area (Å²) in [5.74, 6) is 0. The Labute approximate surface area is 123 Å². The molecule has 0 radical (unpaired) electrons. The van der Waals surface area contributed by atoms with Crippen LogP contribution < -0.4 is 9.62 Å². The zero-order valence-corrected chi connectivity index (χ0v) is 12.7. The first-order chi connectivity index (χ1) is 9.64. The molecule has 106 valence electrons. The van der Waals surface area contributed by atoms with E-state index in [4.69, 9.17) is 0 Å². The van der Waals surface area contributed by atoms with Crippen molar-refractivity contribution in [2.75, 3.05) is 17.9 Å². The molecule has 1 N–H and O–H groups in total. The van der Waals surface area contributed by atoms with Crippen molar-refractivity contribution in [2.24, 2.45) is 0 Å². The third-order valence-corrected chi connectivity index (χ3v) is 6.78. The van der Waals surface area contributed by atoms with Gasteiger partial charge in [-0.2, -0.15) is 0 Å². The Hall–Kier alpha value is -1.37. The lowest BCUT2D eigenvalue weighted by Crippen LogP contribution is -2.38. The smallest absolute Gasteiger partial charge is 0.273 e. The highest BCUT2D eigenvalue weighted by atomic mass is 32.2. The molecule has 0 saturated heterocycles. The van der Waals surface area contributed by atoms with Crippen molar-refractivity contribution >= 4 is 27.0 Å². The van der Waals surface area contributed by atoms with Gasteiger partial charge in [-0.25, -0.2) is 8.42 Å². The molecule has 4 nitrogen and oxygen atoms in total. The highest BCUT2D eigenvalue weighted by molar-refractivity contribution is 7.94. The highest BCUT2D eigenvalue weighted by Gasteiger charge is 2.32. The maximum absolute atomic E-state index is 12.7. The van der Waals surface area contributed by atoms with Crippen molar-refractivity contribution in [3.05, 3.63) is 47.3 Å². The van der Waals surface area contributed by atoms with Gasteiger partial charge >= 0.3 is 0 Å². The number of thiophene rings is 1. The average molecular weight is 308 g/mol. The zero-order valence-electron chi connectivity index (χ0n) is 11.1. The van der Waals surface area contributed by atoms with Crippen LogP contribution >= 0.6 is 11.3 Å². The van der Waals surface area contributed by atoms with E-state index >= 15 is 0 Å². The first kappa shape index (κ1) is 13.6. The summed E-state index contributed by atoms with van der Waals surface area (Å²) in [5, 5.41) is 5.04. The second kappa shape index (κ2) is 5.20. The number of nitrogens with one attached hydrogen (secondary N) is 1. The molecule has 20 heavy (non-hydrogen) atoms. The van der Waals surface area contributed by atoms with Crippen molar-refractivity contribution in [3.8, 4) is 0 Å². The van der Waals surface area contributed by atoms with Crippen LogP contribution in [0.5, 0.6) is 0 Å². The van der Waals surface area contributed by atoms with Crippen LogP contribution in [0.2, 0.25) is 0 Å². The largest absolute Gasteiger partial charge is 0.313 e. The third kappa shape index (κ3) is 2.13. The van der Waals surface area contributed by atoms with Gasteiger partial charge in [0.2, 0.25) is 0 Å². The molecule has 0 amide bonds. The van der Waals surface area contributed by atoms with Crippen molar-refractivity contribution in [1.82, 2.24) is 5.32 Å². The maximum Gasteiger partial charge on any atom is 0.273 e.